The Morgan fingerprint density at radius 2 is 1.92 bits per heavy atom. The van der Waals surface area contributed by atoms with Crippen LogP contribution in [0.2, 0.25) is 0 Å². The highest BCUT2D eigenvalue weighted by atomic mass is 32.2. The second kappa shape index (κ2) is 6.57. The Morgan fingerprint density at radius 3 is 2.62 bits per heavy atom. The lowest BCUT2D eigenvalue weighted by Crippen LogP contribution is -2.04. The van der Waals surface area contributed by atoms with Crippen LogP contribution in [0.3, 0.4) is 0 Å². The van der Waals surface area contributed by atoms with Crippen LogP contribution in [0.5, 0.6) is 0 Å². The molecule has 24 heavy (non-hydrogen) atoms. The van der Waals surface area contributed by atoms with Crippen molar-refractivity contribution in [2.24, 2.45) is 0 Å². The lowest BCUT2D eigenvalue weighted by Gasteiger charge is -2.05. The van der Waals surface area contributed by atoms with Crippen LogP contribution in [0.25, 0.3) is 10.2 Å². The molecule has 0 unspecified atom stereocenters. The van der Waals surface area contributed by atoms with E-state index in [1.807, 2.05) is 20.8 Å². The van der Waals surface area contributed by atoms with E-state index in [0.29, 0.717) is 5.82 Å². The fourth-order valence-electron chi connectivity index (χ4n) is 2.31. The molecule has 3 rings (SSSR count). The van der Waals surface area contributed by atoms with Gasteiger partial charge < -0.3 is 0 Å². The maximum atomic E-state index is 13.3. The Bertz CT molecular complexity index is 953. The van der Waals surface area contributed by atoms with E-state index in [2.05, 4.69) is 9.97 Å². The van der Waals surface area contributed by atoms with E-state index in [-0.39, 0.29) is 17.1 Å². The van der Waals surface area contributed by atoms with Crippen molar-refractivity contribution in [2.75, 3.05) is 5.75 Å². The molecule has 0 amide bonds. The van der Waals surface area contributed by atoms with Gasteiger partial charge >= 0.3 is 0 Å². The summed E-state index contributed by atoms with van der Waals surface area (Å²) >= 11 is 2.90. The molecule has 3 nitrogen and oxygen atoms in total. The molecule has 7 heteroatoms. The number of benzene rings is 1. The number of ketones is 1. The number of aryl methyl sites for hydroxylation is 3. The first-order valence-electron chi connectivity index (χ1n) is 7.22. The van der Waals surface area contributed by atoms with Gasteiger partial charge in [0.05, 0.1) is 5.75 Å². The molecule has 0 bridgehead atoms. The SMILES string of the molecule is Cc1nc(SCC(=O)c2ccc(F)c(F)c2)c2c(C)c(C)sc2n1. The van der Waals surface area contributed by atoms with Crippen molar-refractivity contribution in [1.82, 2.24) is 9.97 Å². The molecule has 1 aromatic carbocycles. The van der Waals surface area contributed by atoms with E-state index in [1.54, 1.807) is 11.3 Å². The lowest BCUT2D eigenvalue weighted by molar-refractivity contribution is 0.102. The van der Waals surface area contributed by atoms with Gasteiger partial charge in [0, 0.05) is 15.8 Å². The summed E-state index contributed by atoms with van der Waals surface area (Å²) in [6.45, 7) is 5.84. The van der Waals surface area contributed by atoms with E-state index in [0.717, 1.165) is 32.9 Å². The van der Waals surface area contributed by atoms with Gasteiger partial charge in [-0.05, 0) is 44.5 Å². The van der Waals surface area contributed by atoms with Crippen LogP contribution >= 0.6 is 23.1 Å². The summed E-state index contributed by atoms with van der Waals surface area (Å²) in [6.07, 6.45) is 0. The number of thioether (sulfide) groups is 1. The number of hydrogen-bond acceptors (Lipinski definition) is 5. The maximum Gasteiger partial charge on any atom is 0.173 e. The maximum absolute atomic E-state index is 13.3. The van der Waals surface area contributed by atoms with E-state index in [4.69, 9.17) is 0 Å². The highest BCUT2D eigenvalue weighted by Crippen LogP contribution is 2.35. The summed E-state index contributed by atoms with van der Waals surface area (Å²) in [5, 5.41) is 1.71. The highest BCUT2D eigenvalue weighted by Gasteiger charge is 2.16. The summed E-state index contributed by atoms with van der Waals surface area (Å²) in [5.41, 5.74) is 1.26. The Labute approximate surface area is 146 Å². The number of nitrogens with zero attached hydrogens (tertiary/aromatic N) is 2. The number of fused-ring (bicyclic) bond motifs is 1. The van der Waals surface area contributed by atoms with Crippen LogP contribution in [0.1, 0.15) is 26.6 Å². The summed E-state index contributed by atoms with van der Waals surface area (Å²) in [4.78, 5) is 23.2. The van der Waals surface area contributed by atoms with Gasteiger partial charge in [0.15, 0.2) is 17.4 Å². The van der Waals surface area contributed by atoms with Crippen molar-refractivity contribution in [3.05, 3.63) is 51.7 Å². The van der Waals surface area contributed by atoms with Crippen molar-refractivity contribution >= 4 is 39.1 Å². The van der Waals surface area contributed by atoms with Gasteiger partial charge in [0.1, 0.15) is 15.7 Å². The smallest absolute Gasteiger partial charge is 0.173 e. The average molecular weight is 364 g/mol. The number of thiophene rings is 1. The van der Waals surface area contributed by atoms with Crippen LogP contribution in [0.4, 0.5) is 8.78 Å². The minimum Gasteiger partial charge on any atom is -0.293 e. The minimum absolute atomic E-state index is 0.102. The van der Waals surface area contributed by atoms with E-state index >= 15 is 0 Å². The average Bonchev–Trinajstić information content (AvgIpc) is 2.81. The predicted octanol–water partition coefficient (Wildman–Crippen LogP) is 4.87. The molecule has 3 aromatic rings. The Hall–Kier alpha value is -1.86. The van der Waals surface area contributed by atoms with Gasteiger partial charge in [-0.15, -0.1) is 11.3 Å². The Morgan fingerprint density at radius 1 is 1.17 bits per heavy atom. The molecule has 0 aliphatic rings. The summed E-state index contributed by atoms with van der Waals surface area (Å²) < 4.78 is 26.2. The third-order valence-electron chi connectivity index (χ3n) is 3.69. The molecular formula is C17H14F2N2OS2. The van der Waals surface area contributed by atoms with Gasteiger partial charge in [0.25, 0.3) is 0 Å². The zero-order valence-electron chi connectivity index (χ0n) is 13.3. The van der Waals surface area contributed by atoms with Gasteiger partial charge in [0.2, 0.25) is 0 Å². The fourth-order valence-corrected chi connectivity index (χ4v) is 4.47. The molecule has 0 N–H and O–H groups in total. The van der Waals surface area contributed by atoms with Gasteiger partial charge in [-0.1, -0.05) is 11.8 Å². The zero-order chi connectivity index (χ0) is 17.4. The normalized spacial score (nSPS) is 11.2. The largest absolute Gasteiger partial charge is 0.293 e. The Kier molecular flexibility index (Phi) is 4.64. The third-order valence-corrected chi connectivity index (χ3v) is 5.77. The first kappa shape index (κ1) is 17.0. The van der Waals surface area contributed by atoms with Crippen molar-refractivity contribution in [3.63, 3.8) is 0 Å². The van der Waals surface area contributed by atoms with Crippen LogP contribution in [-0.4, -0.2) is 21.5 Å². The lowest BCUT2D eigenvalue weighted by atomic mass is 10.1. The molecule has 2 heterocycles. The number of halogens is 2. The second-order valence-corrected chi connectivity index (χ2v) is 7.55. The molecule has 0 atom stereocenters. The van der Waals surface area contributed by atoms with Crippen molar-refractivity contribution < 1.29 is 13.6 Å². The number of rotatable bonds is 4. The standard InChI is InChI=1S/C17H14F2N2OS2/c1-8-9(2)24-17-15(8)16(20-10(3)21-17)23-7-14(22)11-4-5-12(18)13(19)6-11/h4-6H,7H2,1-3H3. The Balaban J connectivity index is 1.87. The molecule has 0 fully saturated rings. The molecule has 0 spiro atoms. The summed E-state index contributed by atoms with van der Waals surface area (Å²) in [6, 6.07) is 3.19. The van der Waals surface area contributed by atoms with Gasteiger partial charge in [-0.25, -0.2) is 18.7 Å². The fraction of sp³-hybridized carbons (Fsp3) is 0.235. The number of aromatic nitrogens is 2. The zero-order valence-corrected chi connectivity index (χ0v) is 14.9. The van der Waals surface area contributed by atoms with Crippen molar-refractivity contribution in [2.45, 2.75) is 25.8 Å². The molecule has 124 valence electrons. The van der Waals surface area contributed by atoms with Gasteiger partial charge in [-0.2, -0.15) is 0 Å². The first-order valence-corrected chi connectivity index (χ1v) is 9.02. The van der Waals surface area contributed by atoms with Crippen LogP contribution < -0.4 is 0 Å². The van der Waals surface area contributed by atoms with E-state index in [9.17, 15) is 13.6 Å². The van der Waals surface area contributed by atoms with Gasteiger partial charge in [-0.3, -0.25) is 4.79 Å². The number of Topliss-reactive ketones (excluding diaryl/α,β-unsaturated/α-hetero) is 1. The topological polar surface area (TPSA) is 42.9 Å². The highest BCUT2D eigenvalue weighted by molar-refractivity contribution is 8.00. The van der Waals surface area contributed by atoms with Crippen molar-refractivity contribution in [3.8, 4) is 0 Å². The van der Waals surface area contributed by atoms with E-state index in [1.165, 1.54) is 22.7 Å². The van der Waals surface area contributed by atoms with E-state index < -0.39 is 11.6 Å². The third kappa shape index (κ3) is 3.18. The summed E-state index contributed by atoms with van der Waals surface area (Å²) in [5.74, 6) is -1.50. The first-order chi connectivity index (χ1) is 11.4. The van der Waals surface area contributed by atoms with Crippen LogP contribution in [0.15, 0.2) is 23.2 Å². The molecule has 0 saturated heterocycles. The van der Waals surface area contributed by atoms with Crippen molar-refractivity contribution in [1.29, 1.82) is 0 Å². The molecule has 0 saturated carbocycles. The molecular weight excluding hydrogens is 350 g/mol. The molecule has 0 aliphatic heterocycles. The predicted molar refractivity (Wildman–Crippen MR) is 93.0 cm³/mol. The monoisotopic (exact) mass is 364 g/mol. The number of hydrogen-bond donors (Lipinski definition) is 0. The molecule has 2 aromatic heterocycles. The molecule has 0 aliphatic carbocycles. The van der Waals surface area contributed by atoms with Crippen LogP contribution in [0, 0.1) is 32.4 Å². The number of carbonyl (C=O) groups excluding carboxylic acids is 1. The quantitative estimate of drug-likeness (QED) is 0.376. The second-order valence-electron chi connectivity index (χ2n) is 5.38. The number of carbonyl (C=O) groups is 1. The molecule has 0 radical (unpaired) electrons. The summed E-state index contributed by atoms with van der Waals surface area (Å²) in [7, 11) is 0. The van der Waals surface area contributed by atoms with Crippen LogP contribution in [-0.2, 0) is 0 Å². The minimum atomic E-state index is -1.02.